The third-order valence-corrected chi connectivity index (χ3v) is 7.57. The van der Waals surface area contributed by atoms with Crippen molar-refractivity contribution in [2.24, 2.45) is 23.5 Å². The molecule has 11 heteroatoms. The van der Waals surface area contributed by atoms with Crippen molar-refractivity contribution >= 4 is 17.8 Å². The third-order valence-electron chi connectivity index (χ3n) is 7.57. The summed E-state index contributed by atoms with van der Waals surface area (Å²) in [5.74, 6) is 0.918. The van der Waals surface area contributed by atoms with E-state index in [1.807, 2.05) is 24.3 Å². The Hall–Kier alpha value is -3.28. The molecule has 2 aromatic rings. The van der Waals surface area contributed by atoms with E-state index in [2.05, 4.69) is 15.2 Å². The minimum atomic E-state index is -0.484. The second kappa shape index (κ2) is 10.00. The van der Waals surface area contributed by atoms with Gasteiger partial charge in [0.2, 0.25) is 5.91 Å². The van der Waals surface area contributed by atoms with Crippen molar-refractivity contribution < 1.29 is 14.7 Å². The molecule has 1 aliphatic carbocycles. The first-order valence-corrected chi connectivity index (χ1v) is 12.5. The molecule has 1 aromatic carbocycles. The molecule has 4 N–H and O–H groups in total. The zero-order chi connectivity index (χ0) is 25.4. The molecule has 11 nitrogen and oxygen atoms in total. The zero-order valence-corrected chi connectivity index (χ0v) is 20.4. The van der Waals surface area contributed by atoms with Gasteiger partial charge in [-0.15, -0.1) is 0 Å². The summed E-state index contributed by atoms with van der Waals surface area (Å²) in [5.41, 5.74) is 7.43. The Kier molecular flexibility index (Phi) is 6.78. The number of piperidine rings is 1. The number of anilines is 1. The van der Waals surface area contributed by atoms with Gasteiger partial charge in [0, 0.05) is 58.1 Å². The van der Waals surface area contributed by atoms with Crippen LogP contribution in [0.3, 0.4) is 0 Å². The Morgan fingerprint density at radius 2 is 1.72 bits per heavy atom. The topological polar surface area (TPSA) is 137 Å². The highest BCUT2D eigenvalue weighted by atomic mass is 16.3. The molecule has 3 atom stereocenters. The van der Waals surface area contributed by atoms with E-state index in [0.29, 0.717) is 49.7 Å². The Bertz CT molecular complexity index is 1160. The fraction of sp³-hybridized carbons (Fsp3) is 0.520. The molecule has 0 radical (unpaired) electrons. The van der Waals surface area contributed by atoms with Crippen LogP contribution in [0.4, 0.5) is 10.6 Å². The van der Waals surface area contributed by atoms with Crippen molar-refractivity contribution in [2.45, 2.75) is 19.5 Å². The highest BCUT2D eigenvalue weighted by Gasteiger charge is 2.53. The average Bonchev–Trinajstić information content (AvgIpc) is 3.27. The molecule has 3 amide bonds. The van der Waals surface area contributed by atoms with Crippen molar-refractivity contribution in [1.29, 1.82) is 0 Å². The summed E-state index contributed by atoms with van der Waals surface area (Å²) >= 11 is 0. The first-order valence-electron chi connectivity index (χ1n) is 12.5. The highest BCUT2D eigenvalue weighted by Crippen LogP contribution is 2.44. The number of hydrogen-bond donors (Lipinski definition) is 3. The summed E-state index contributed by atoms with van der Waals surface area (Å²) in [7, 11) is 0. The third kappa shape index (κ3) is 4.99. The Balaban J connectivity index is 1.14. The van der Waals surface area contributed by atoms with Crippen molar-refractivity contribution in [3.05, 3.63) is 52.6 Å². The number of carbonyl (C=O) groups is 2. The van der Waals surface area contributed by atoms with Crippen LogP contribution in [0, 0.1) is 17.8 Å². The fourth-order valence-electron chi connectivity index (χ4n) is 5.19. The summed E-state index contributed by atoms with van der Waals surface area (Å²) < 4.78 is 1.44. The van der Waals surface area contributed by atoms with E-state index in [9.17, 15) is 19.5 Å². The highest BCUT2D eigenvalue weighted by molar-refractivity contribution is 5.88. The number of nitrogens with one attached hydrogen (secondary N) is 1. The zero-order valence-electron chi connectivity index (χ0n) is 20.4. The van der Waals surface area contributed by atoms with Crippen LogP contribution < -0.4 is 16.7 Å². The number of aliphatic hydroxyl groups is 1. The number of carbonyl (C=O) groups excluding carboxylic acids is 2. The molecule has 0 spiro atoms. The summed E-state index contributed by atoms with van der Waals surface area (Å²) in [6, 6.07) is 9.45. The van der Waals surface area contributed by atoms with Crippen LogP contribution in [0.15, 0.2) is 41.3 Å². The molecule has 3 aliphatic rings. The fourth-order valence-corrected chi connectivity index (χ4v) is 5.19. The van der Waals surface area contributed by atoms with Gasteiger partial charge in [-0.25, -0.2) is 9.59 Å². The molecule has 36 heavy (non-hydrogen) atoms. The number of rotatable bonds is 6. The average molecular weight is 496 g/mol. The predicted molar refractivity (Wildman–Crippen MR) is 133 cm³/mol. The van der Waals surface area contributed by atoms with Gasteiger partial charge in [-0.1, -0.05) is 19.1 Å². The van der Waals surface area contributed by atoms with E-state index in [4.69, 9.17) is 5.73 Å². The molecule has 2 aliphatic heterocycles. The smallest absolute Gasteiger partial charge is 0.354 e. The molecular formula is C25H33N7O4. The van der Waals surface area contributed by atoms with E-state index in [-0.39, 0.29) is 24.4 Å². The van der Waals surface area contributed by atoms with Crippen LogP contribution in [-0.4, -0.2) is 93.2 Å². The number of fused-ring (bicyclic) bond motifs is 1. The van der Waals surface area contributed by atoms with E-state index >= 15 is 0 Å². The van der Waals surface area contributed by atoms with Crippen LogP contribution in [0.25, 0.3) is 5.69 Å². The minimum absolute atomic E-state index is 0.118. The summed E-state index contributed by atoms with van der Waals surface area (Å²) in [4.78, 5) is 47.2. The number of hydrogen-bond acceptors (Lipinski definition) is 7. The minimum Gasteiger partial charge on any atom is -0.396 e. The van der Waals surface area contributed by atoms with Crippen LogP contribution in [0.1, 0.15) is 12.5 Å². The number of nitrogens with two attached hydrogens (primary N) is 1. The van der Waals surface area contributed by atoms with Gasteiger partial charge >= 0.3 is 11.7 Å². The lowest BCUT2D eigenvalue weighted by atomic mass is 10.1. The quantitative estimate of drug-likeness (QED) is 0.510. The maximum Gasteiger partial charge on any atom is 0.354 e. The first kappa shape index (κ1) is 24.4. The molecule has 3 heterocycles. The Morgan fingerprint density at radius 1 is 1.08 bits per heavy atom. The Morgan fingerprint density at radius 3 is 2.33 bits per heavy atom. The number of urea groups is 1. The number of benzene rings is 1. The SMILES string of the molecule is C[C@@H](CO)C(=O)N1CCN(C(=O)Nc2ccn(-c3ccc(CN4CC5C(N)C5C4)cc3)c(=O)n2)CC1. The maximum atomic E-state index is 12.6. The summed E-state index contributed by atoms with van der Waals surface area (Å²) in [5, 5.41) is 11.8. The predicted octanol–water partition coefficient (Wildman–Crippen LogP) is -0.0741. The molecule has 1 saturated carbocycles. The van der Waals surface area contributed by atoms with Gasteiger partial charge in [0.05, 0.1) is 18.2 Å². The second-order valence-corrected chi connectivity index (χ2v) is 10.1. The number of aliphatic hydroxyl groups excluding tert-OH is 1. The number of nitrogens with zero attached hydrogens (tertiary/aromatic N) is 5. The largest absolute Gasteiger partial charge is 0.396 e. The molecule has 2 unspecified atom stereocenters. The molecule has 0 bridgehead atoms. The number of amides is 3. The molecular weight excluding hydrogens is 462 g/mol. The van der Waals surface area contributed by atoms with E-state index in [0.717, 1.165) is 19.6 Å². The monoisotopic (exact) mass is 495 g/mol. The lowest BCUT2D eigenvalue weighted by molar-refractivity contribution is -0.137. The van der Waals surface area contributed by atoms with Gasteiger partial charge in [-0.2, -0.15) is 4.98 Å². The lowest BCUT2D eigenvalue weighted by Gasteiger charge is -2.35. The van der Waals surface area contributed by atoms with Crippen LogP contribution >= 0.6 is 0 Å². The number of aromatic nitrogens is 2. The van der Waals surface area contributed by atoms with Gasteiger partial charge < -0.3 is 20.6 Å². The molecule has 192 valence electrons. The lowest BCUT2D eigenvalue weighted by Crippen LogP contribution is -2.53. The number of piperazine rings is 1. The van der Waals surface area contributed by atoms with Gasteiger partial charge in [0.15, 0.2) is 0 Å². The van der Waals surface area contributed by atoms with Crippen molar-refractivity contribution in [2.75, 3.05) is 51.2 Å². The van der Waals surface area contributed by atoms with Crippen LogP contribution in [0.2, 0.25) is 0 Å². The van der Waals surface area contributed by atoms with Gasteiger partial charge in [-0.05, 0) is 35.6 Å². The second-order valence-electron chi connectivity index (χ2n) is 10.1. The van der Waals surface area contributed by atoms with E-state index in [1.165, 1.54) is 10.1 Å². The van der Waals surface area contributed by atoms with Crippen LogP contribution in [-0.2, 0) is 11.3 Å². The maximum absolute atomic E-state index is 12.6. The van der Waals surface area contributed by atoms with E-state index < -0.39 is 11.6 Å². The Labute approximate surface area is 209 Å². The molecule has 5 rings (SSSR count). The molecule has 1 aromatic heterocycles. The van der Waals surface area contributed by atoms with Gasteiger partial charge in [0.1, 0.15) is 5.82 Å². The van der Waals surface area contributed by atoms with Gasteiger partial charge in [-0.3, -0.25) is 19.6 Å². The van der Waals surface area contributed by atoms with Crippen molar-refractivity contribution in [1.82, 2.24) is 24.3 Å². The normalized spacial score (nSPS) is 24.4. The number of likely N-dealkylation sites (tertiary alicyclic amines) is 1. The molecule has 2 saturated heterocycles. The van der Waals surface area contributed by atoms with E-state index in [1.54, 1.807) is 29.0 Å². The summed E-state index contributed by atoms with van der Waals surface area (Å²) in [6.45, 7) is 5.99. The summed E-state index contributed by atoms with van der Waals surface area (Å²) in [6.07, 6.45) is 1.60. The first-order chi connectivity index (χ1) is 17.3. The van der Waals surface area contributed by atoms with Crippen molar-refractivity contribution in [3.8, 4) is 5.69 Å². The standard InChI is InChI=1S/C25H33N7O4/c1-16(15-33)23(34)30-8-10-31(11-9-30)24(35)27-21-6-7-32(25(36)28-21)18-4-2-17(3-5-18)12-29-13-19-20(14-29)22(19)26/h2-7,16,19-20,22,33H,8-15,26H2,1H3,(H,27,28,35,36)/t16-,19?,20?,22?/m0/s1. The van der Waals surface area contributed by atoms with Crippen LogP contribution in [0.5, 0.6) is 0 Å². The van der Waals surface area contributed by atoms with Gasteiger partial charge in [0.25, 0.3) is 0 Å². The molecule has 3 fully saturated rings. The van der Waals surface area contributed by atoms with Crippen molar-refractivity contribution in [3.63, 3.8) is 0 Å².